The molecule has 0 radical (unpaired) electrons. The van der Waals surface area contributed by atoms with Gasteiger partial charge in [0.05, 0.1) is 0 Å². The third-order valence-corrected chi connectivity index (χ3v) is 6.64. The molecule has 2 unspecified atom stereocenters. The van der Waals surface area contributed by atoms with Gasteiger partial charge in [-0.3, -0.25) is 0 Å². The van der Waals surface area contributed by atoms with Crippen LogP contribution in [0.4, 0.5) is 10.5 Å². The Morgan fingerprint density at radius 2 is 2.04 bits per heavy atom. The van der Waals surface area contributed by atoms with Crippen molar-refractivity contribution in [2.24, 2.45) is 0 Å². The summed E-state index contributed by atoms with van der Waals surface area (Å²) in [5, 5.41) is 0.824. The molecule has 2 fully saturated rings. The van der Waals surface area contributed by atoms with E-state index in [1.165, 1.54) is 17.7 Å². The Morgan fingerprint density at radius 3 is 2.81 bits per heavy atom. The molecule has 0 N–H and O–H groups in total. The summed E-state index contributed by atoms with van der Waals surface area (Å²) in [4.78, 5) is 17.4. The molecule has 1 amide bonds. The zero-order chi connectivity index (χ0) is 19.2. The van der Waals surface area contributed by atoms with E-state index in [1.807, 2.05) is 31.7 Å². The van der Waals surface area contributed by atoms with Crippen LogP contribution >= 0.6 is 11.6 Å². The summed E-state index contributed by atoms with van der Waals surface area (Å²) in [7, 11) is 0. The number of hydrogen-bond donors (Lipinski definition) is 0. The third-order valence-electron chi connectivity index (χ3n) is 6.41. The molecule has 0 bridgehead atoms. The number of amides is 1. The molecule has 1 aromatic rings. The maximum Gasteiger partial charge on any atom is 0.410 e. The van der Waals surface area contributed by atoms with Crippen LogP contribution in [-0.2, 0) is 11.2 Å². The fraction of sp³-hybridized carbons (Fsp3) is 0.682. The number of carbonyl (C=O) groups is 1. The summed E-state index contributed by atoms with van der Waals surface area (Å²) in [6.07, 6.45) is 7.60. The molecular weight excluding hydrogens is 360 g/mol. The largest absolute Gasteiger partial charge is 0.444 e. The van der Waals surface area contributed by atoms with Crippen molar-refractivity contribution >= 4 is 23.4 Å². The van der Waals surface area contributed by atoms with E-state index < -0.39 is 5.60 Å². The zero-order valence-corrected chi connectivity index (χ0v) is 17.5. The quantitative estimate of drug-likeness (QED) is 0.642. The zero-order valence-electron chi connectivity index (χ0n) is 16.8. The molecule has 4 nitrogen and oxygen atoms in total. The molecule has 4 rings (SSSR count). The van der Waals surface area contributed by atoms with E-state index in [0.717, 1.165) is 56.6 Å². The molecule has 27 heavy (non-hydrogen) atoms. The highest BCUT2D eigenvalue weighted by Gasteiger charge is 2.51. The van der Waals surface area contributed by atoms with Crippen molar-refractivity contribution in [2.75, 3.05) is 18.0 Å². The molecule has 1 saturated carbocycles. The number of ether oxygens (including phenoxy) is 1. The first-order valence-electron chi connectivity index (χ1n) is 10.3. The number of anilines is 1. The van der Waals surface area contributed by atoms with Gasteiger partial charge in [0.2, 0.25) is 0 Å². The fourth-order valence-corrected chi connectivity index (χ4v) is 5.53. The van der Waals surface area contributed by atoms with Gasteiger partial charge in [-0.15, -0.1) is 0 Å². The third kappa shape index (κ3) is 3.65. The predicted molar refractivity (Wildman–Crippen MR) is 110 cm³/mol. The average Bonchev–Trinajstić information content (AvgIpc) is 3.20. The normalized spacial score (nSPS) is 27.9. The molecule has 5 heteroatoms. The van der Waals surface area contributed by atoms with Gasteiger partial charge in [-0.25, -0.2) is 4.79 Å². The van der Waals surface area contributed by atoms with Crippen LogP contribution in [0, 0.1) is 0 Å². The molecule has 2 aliphatic heterocycles. The molecule has 0 aromatic heterocycles. The first-order valence-corrected chi connectivity index (χ1v) is 10.7. The van der Waals surface area contributed by atoms with E-state index in [0.29, 0.717) is 6.04 Å². The van der Waals surface area contributed by atoms with Crippen LogP contribution in [0.2, 0.25) is 5.02 Å². The maximum atomic E-state index is 12.8. The van der Waals surface area contributed by atoms with Crippen molar-refractivity contribution in [2.45, 2.75) is 82.9 Å². The number of benzene rings is 1. The monoisotopic (exact) mass is 390 g/mol. The molecule has 2 atom stereocenters. The van der Waals surface area contributed by atoms with Crippen LogP contribution in [0.15, 0.2) is 18.2 Å². The van der Waals surface area contributed by atoms with Crippen molar-refractivity contribution in [3.05, 3.63) is 28.8 Å². The Kier molecular flexibility index (Phi) is 4.82. The van der Waals surface area contributed by atoms with Crippen LogP contribution in [0.3, 0.4) is 0 Å². The van der Waals surface area contributed by atoms with Crippen molar-refractivity contribution in [1.82, 2.24) is 4.90 Å². The minimum Gasteiger partial charge on any atom is -0.444 e. The summed E-state index contributed by atoms with van der Waals surface area (Å²) in [6, 6.07) is 6.80. The number of nitrogens with zero attached hydrogens (tertiary/aromatic N) is 2. The van der Waals surface area contributed by atoms with E-state index in [1.54, 1.807) is 0 Å². The summed E-state index contributed by atoms with van der Waals surface area (Å²) < 4.78 is 5.72. The van der Waals surface area contributed by atoms with Crippen molar-refractivity contribution in [3.63, 3.8) is 0 Å². The highest BCUT2D eigenvalue weighted by atomic mass is 35.5. The Hall–Kier alpha value is -1.42. The molecule has 148 valence electrons. The van der Waals surface area contributed by atoms with E-state index in [-0.39, 0.29) is 11.6 Å². The van der Waals surface area contributed by atoms with Gasteiger partial charge in [0.15, 0.2) is 0 Å². The van der Waals surface area contributed by atoms with Crippen molar-refractivity contribution in [1.29, 1.82) is 0 Å². The van der Waals surface area contributed by atoms with Gasteiger partial charge >= 0.3 is 6.09 Å². The van der Waals surface area contributed by atoms with Crippen LogP contribution in [0.5, 0.6) is 0 Å². The van der Waals surface area contributed by atoms with Gasteiger partial charge in [0.1, 0.15) is 5.60 Å². The Labute approximate surface area is 167 Å². The molecule has 1 aliphatic carbocycles. The summed E-state index contributed by atoms with van der Waals surface area (Å²) in [5.74, 6) is 0. The van der Waals surface area contributed by atoms with E-state index in [4.69, 9.17) is 16.3 Å². The fourth-order valence-electron chi connectivity index (χ4n) is 5.33. The number of aryl methyl sites for hydroxylation is 1. The second kappa shape index (κ2) is 6.88. The van der Waals surface area contributed by atoms with Gasteiger partial charge in [-0.05, 0) is 89.5 Å². The first kappa shape index (κ1) is 18.9. The summed E-state index contributed by atoms with van der Waals surface area (Å²) >= 11 is 6.21. The molecule has 1 spiro atoms. The number of carbonyl (C=O) groups excluding carboxylic acids is 1. The number of rotatable bonds is 1. The Morgan fingerprint density at radius 1 is 1.22 bits per heavy atom. The standard InChI is InChI=1S/C22H31ClN2O2/c1-21(2,3)27-20(26)25-13-5-10-22(25)11-9-18(15-22)24-12-4-6-16-14-17(23)7-8-19(16)24/h7-8,14,18H,4-6,9-13,15H2,1-3H3. The Bertz CT molecular complexity index is 730. The summed E-state index contributed by atoms with van der Waals surface area (Å²) in [5.41, 5.74) is 2.25. The molecule has 3 aliphatic rings. The lowest BCUT2D eigenvalue weighted by atomic mass is 9.93. The SMILES string of the molecule is CC(C)(C)OC(=O)N1CCCC12CCC(N1CCCc3cc(Cl)ccc31)C2. The van der Waals surface area contributed by atoms with E-state index in [2.05, 4.69) is 17.0 Å². The Balaban J connectivity index is 1.53. The number of halogens is 1. The number of hydrogen-bond acceptors (Lipinski definition) is 3. The van der Waals surface area contributed by atoms with Gasteiger partial charge in [-0.2, -0.15) is 0 Å². The van der Waals surface area contributed by atoms with Crippen molar-refractivity contribution in [3.8, 4) is 0 Å². The lowest BCUT2D eigenvalue weighted by Crippen LogP contribution is -2.49. The number of likely N-dealkylation sites (tertiary alicyclic amines) is 1. The van der Waals surface area contributed by atoms with Crippen LogP contribution in [0.25, 0.3) is 0 Å². The highest BCUT2D eigenvalue weighted by molar-refractivity contribution is 6.30. The van der Waals surface area contributed by atoms with Gasteiger partial charge in [-0.1, -0.05) is 11.6 Å². The summed E-state index contributed by atoms with van der Waals surface area (Å²) in [6.45, 7) is 7.76. The van der Waals surface area contributed by atoms with Crippen molar-refractivity contribution < 1.29 is 9.53 Å². The smallest absolute Gasteiger partial charge is 0.410 e. The lowest BCUT2D eigenvalue weighted by molar-refractivity contribution is 0.00858. The molecule has 2 heterocycles. The molecule has 1 saturated heterocycles. The molecule has 1 aromatic carbocycles. The van der Waals surface area contributed by atoms with Crippen LogP contribution in [0.1, 0.15) is 64.9 Å². The minimum atomic E-state index is -0.441. The number of fused-ring (bicyclic) bond motifs is 1. The highest BCUT2D eigenvalue weighted by Crippen LogP contribution is 2.47. The lowest BCUT2D eigenvalue weighted by Gasteiger charge is -2.39. The molecular formula is C22H31ClN2O2. The average molecular weight is 391 g/mol. The van der Waals surface area contributed by atoms with Crippen LogP contribution < -0.4 is 4.90 Å². The van der Waals surface area contributed by atoms with Crippen LogP contribution in [-0.4, -0.2) is 41.3 Å². The maximum absolute atomic E-state index is 12.8. The van der Waals surface area contributed by atoms with Gasteiger partial charge < -0.3 is 14.5 Å². The second-order valence-electron chi connectivity index (χ2n) is 9.43. The topological polar surface area (TPSA) is 32.8 Å². The minimum absolute atomic E-state index is 0.0168. The second-order valence-corrected chi connectivity index (χ2v) is 9.86. The predicted octanol–water partition coefficient (Wildman–Crippen LogP) is 5.41. The van der Waals surface area contributed by atoms with E-state index >= 15 is 0 Å². The van der Waals surface area contributed by atoms with Gasteiger partial charge in [0, 0.05) is 35.4 Å². The first-order chi connectivity index (χ1) is 12.8. The van der Waals surface area contributed by atoms with Gasteiger partial charge in [0.25, 0.3) is 0 Å². The van der Waals surface area contributed by atoms with E-state index in [9.17, 15) is 4.79 Å².